The molecule has 0 radical (unpaired) electrons. The molecule has 2 amide bonds. The zero-order valence-corrected chi connectivity index (χ0v) is 11.4. The van der Waals surface area contributed by atoms with E-state index in [1.807, 2.05) is 12.1 Å². The van der Waals surface area contributed by atoms with E-state index >= 15 is 0 Å². The summed E-state index contributed by atoms with van der Waals surface area (Å²) >= 11 is 1.24. The molecule has 5 nitrogen and oxygen atoms in total. The van der Waals surface area contributed by atoms with E-state index in [0.717, 1.165) is 18.4 Å². The number of aromatic nitrogens is 1. The summed E-state index contributed by atoms with van der Waals surface area (Å²) in [4.78, 5) is 27.5. The minimum absolute atomic E-state index is 0.0454. The van der Waals surface area contributed by atoms with E-state index in [1.54, 1.807) is 12.1 Å². The number of benzene rings is 1. The molecule has 1 fully saturated rings. The van der Waals surface area contributed by atoms with E-state index in [2.05, 4.69) is 10.3 Å². The predicted molar refractivity (Wildman–Crippen MR) is 76.6 cm³/mol. The normalized spacial score (nSPS) is 14.0. The zero-order valence-electron chi connectivity index (χ0n) is 10.6. The second kappa shape index (κ2) is 5.05. The number of hydrogen-bond acceptors (Lipinski definition) is 4. The van der Waals surface area contributed by atoms with Crippen LogP contribution in [0.5, 0.6) is 0 Å². The van der Waals surface area contributed by atoms with Crippen LogP contribution >= 0.6 is 11.3 Å². The molecule has 3 N–H and O–H groups in total. The number of nitrogens with two attached hydrogens (primary N) is 1. The van der Waals surface area contributed by atoms with Gasteiger partial charge in [0.25, 0.3) is 11.8 Å². The first kappa shape index (κ1) is 12.8. The molecule has 1 aromatic carbocycles. The van der Waals surface area contributed by atoms with E-state index in [1.165, 1.54) is 17.5 Å². The number of hydrogen-bond donors (Lipinski definition) is 2. The Labute approximate surface area is 119 Å². The van der Waals surface area contributed by atoms with Crippen molar-refractivity contribution >= 4 is 23.2 Å². The second-order valence-electron chi connectivity index (χ2n) is 4.72. The summed E-state index contributed by atoms with van der Waals surface area (Å²) in [6, 6.07) is 7.52. The third-order valence-corrected chi connectivity index (χ3v) is 4.12. The van der Waals surface area contributed by atoms with Crippen LogP contribution in [0, 0.1) is 0 Å². The van der Waals surface area contributed by atoms with Gasteiger partial charge in [-0.25, -0.2) is 4.98 Å². The Hall–Kier alpha value is -2.21. The van der Waals surface area contributed by atoms with E-state index < -0.39 is 5.91 Å². The summed E-state index contributed by atoms with van der Waals surface area (Å²) in [5.41, 5.74) is 6.70. The maximum Gasteiger partial charge on any atom is 0.260 e. The number of nitrogens with zero attached hydrogens (tertiary/aromatic N) is 1. The summed E-state index contributed by atoms with van der Waals surface area (Å²) in [6.45, 7) is 0. The molecule has 2 aromatic rings. The van der Waals surface area contributed by atoms with Crippen molar-refractivity contribution in [2.24, 2.45) is 5.73 Å². The fourth-order valence-electron chi connectivity index (χ4n) is 1.78. The monoisotopic (exact) mass is 287 g/mol. The maximum atomic E-state index is 11.9. The van der Waals surface area contributed by atoms with E-state index in [-0.39, 0.29) is 5.91 Å². The lowest BCUT2D eigenvalue weighted by Gasteiger charge is -2.03. The lowest BCUT2D eigenvalue weighted by Crippen LogP contribution is -2.25. The molecule has 0 unspecified atom stereocenters. The molecule has 0 bridgehead atoms. The molecular weight excluding hydrogens is 274 g/mol. The number of amides is 2. The van der Waals surface area contributed by atoms with Crippen molar-refractivity contribution in [2.75, 3.05) is 0 Å². The van der Waals surface area contributed by atoms with Crippen LogP contribution in [0.25, 0.3) is 10.6 Å². The average Bonchev–Trinajstić information content (AvgIpc) is 3.11. The highest BCUT2D eigenvalue weighted by Gasteiger charge is 2.23. The Morgan fingerprint density at radius 2 is 1.95 bits per heavy atom. The minimum atomic E-state index is -0.478. The van der Waals surface area contributed by atoms with E-state index in [0.29, 0.717) is 21.5 Å². The molecule has 102 valence electrons. The number of primary amides is 1. The highest BCUT2D eigenvalue weighted by atomic mass is 32.1. The molecular formula is C14H13N3O2S. The third kappa shape index (κ3) is 2.70. The Morgan fingerprint density at radius 3 is 2.50 bits per heavy atom. The fourth-order valence-corrected chi connectivity index (χ4v) is 2.56. The molecule has 6 heteroatoms. The molecule has 1 aliphatic rings. The third-order valence-electron chi connectivity index (χ3n) is 3.06. The van der Waals surface area contributed by atoms with Gasteiger partial charge in [0, 0.05) is 17.2 Å². The van der Waals surface area contributed by atoms with Crippen molar-refractivity contribution in [1.82, 2.24) is 10.3 Å². The van der Waals surface area contributed by atoms with Gasteiger partial charge in [-0.1, -0.05) is 12.1 Å². The van der Waals surface area contributed by atoms with Gasteiger partial charge in [-0.15, -0.1) is 11.3 Å². The summed E-state index contributed by atoms with van der Waals surface area (Å²) in [6.07, 6.45) is 3.60. The van der Waals surface area contributed by atoms with Crippen molar-refractivity contribution in [1.29, 1.82) is 0 Å². The van der Waals surface area contributed by atoms with Crippen LogP contribution in [0.4, 0.5) is 0 Å². The van der Waals surface area contributed by atoms with Crippen LogP contribution in [0.1, 0.15) is 32.9 Å². The Kier molecular flexibility index (Phi) is 3.23. The number of rotatable bonds is 4. The first-order valence-electron chi connectivity index (χ1n) is 6.30. The maximum absolute atomic E-state index is 11.9. The summed E-state index contributed by atoms with van der Waals surface area (Å²) < 4.78 is 0. The summed E-state index contributed by atoms with van der Waals surface area (Å²) in [5.74, 6) is -0.523. The van der Waals surface area contributed by atoms with Crippen LogP contribution in [0.3, 0.4) is 0 Å². The highest BCUT2D eigenvalue weighted by Crippen LogP contribution is 2.25. The molecule has 0 atom stereocenters. The van der Waals surface area contributed by atoms with Crippen LogP contribution in [-0.2, 0) is 0 Å². The predicted octanol–water partition coefficient (Wildman–Crippen LogP) is 1.80. The molecule has 1 saturated carbocycles. The SMILES string of the molecule is NC(=O)c1cnc(-c2ccc(C(=O)NC3CC3)cc2)s1. The minimum Gasteiger partial charge on any atom is -0.365 e. The van der Waals surface area contributed by atoms with Crippen LogP contribution in [-0.4, -0.2) is 22.8 Å². The lowest BCUT2D eigenvalue weighted by atomic mass is 10.1. The van der Waals surface area contributed by atoms with Crippen LogP contribution in [0.2, 0.25) is 0 Å². The first-order chi connectivity index (χ1) is 9.63. The fraction of sp³-hybridized carbons (Fsp3) is 0.214. The highest BCUT2D eigenvalue weighted by molar-refractivity contribution is 7.16. The van der Waals surface area contributed by atoms with Gasteiger partial charge in [-0.05, 0) is 25.0 Å². The van der Waals surface area contributed by atoms with Gasteiger partial charge >= 0.3 is 0 Å². The van der Waals surface area contributed by atoms with Crippen molar-refractivity contribution in [3.8, 4) is 10.6 Å². The van der Waals surface area contributed by atoms with Crippen molar-refractivity contribution in [3.05, 3.63) is 40.9 Å². The van der Waals surface area contributed by atoms with Gasteiger partial charge in [0.15, 0.2) is 0 Å². The first-order valence-corrected chi connectivity index (χ1v) is 7.12. The number of carbonyl (C=O) groups excluding carboxylic acids is 2. The van der Waals surface area contributed by atoms with Crippen LogP contribution < -0.4 is 11.1 Å². The Morgan fingerprint density at radius 1 is 1.25 bits per heavy atom. The average molecular weight is 287 g/mol. The van der Waals surface area contributed by atoms with Gasteiger partial charge in [-0.2, -0.15) is 0 Å². The van der Waals surface area contributed by atoms with Crippen molar-refractivity contribution < 1.29 is 9.59 Å². The standard InChI is InChI=1S/C14H13N3O2S/c15-12(18)11-7-16-14(20-11)9-3-1-8(2-4-9)13(19)17-10-5-6-10/h1-4,7,10H,5-6H2,(H2,15,18)(H,17,19). The molecule has 1 aliphatic carbocycles. The molecule has 1 heterocycles. The van der Waals surface area contributed by atoms with Gasteiger partial charge in [0.1, 0.15) is 9.88 Å². The second-order valence-corrected chi connectivity index (χ2v) is 5.75. The van der Waals surface area contributed by atoms with Crippen molar-refractivity contribution in [3.63, 3.8) is 0 Å². The largest absolute Gasteiger partial charge is 0.365 e. The molecule has 3 rings (SSSR count). The van der Waals surface area contributed by atoms with Gasteiger partial charge in [0.2, 0.25) is 0 Å². The summed E-state index contributed by atoms with van der Waals surface area (Å²) in [5, 5.41) is 3.65. The van der Waals surface area contributed by atoms with E-state index in [4.69, 9.17) is 5.73 Å². The van der Waals surface area contributed by atoms with Crippen molar-refractivity contribution in [2.45, 2.75) is 18.9 Å². The molecule has 0 spiro atoms. The van der Waals surface area contributed by atoms with Crippen LogP contribution in [0.15, 0.2) is 30.5 Å². The smallest absolute Gasteiger partial charge is 0.260 e. The molecule has 0 saturated heterocycles. The molecule has 20 heavy (non-hydrogen) atoms. The Balaban J connectivity index is 1.77. The number of thiazole rings is 1. The zero-order chi connectivity index (χ0) is 14.1. The number of carbonyl (C=O) groups is 2. The van der Waals surface area contributed by atoms with Gasteiger partial charge < -0.3 is 11.1 Å². The topological polar surface area (TPSA) is 85.1 Å². The Bertz CT molecular complexity index is 659. The molecule has 1 aromatic heterocycles. The summed E-state index contributed by atoms with van der Waals surface area (Å²) in [7, 11) is 0. The van der Waals surface area contributed by atoms with Gasteiger partial charge in [0.05, 0.1) is 6.20 Å². The van der Waals surface area contributed by atoms with Gasteiger partial charge in [-0.3, -0.25) is 9.59 Å². The lowest BCUT2D eigenvalue weighted by molar-refractivity contribution is 0.0950. The number of nitrogens with one attached hydrogen (secondary N) is 1. The quantitative estimate of drug-likeness (QED) is 0.899. The van der Waals surface area contributed by atoms with E-state index in [9.17, 15) is 9.59 Å². The molecule has 0 aliphatic heterocycles.